The molecule has 0 fully saturated rings. The van der Waals surface area contributed by atoms with Gasteiger partial charge < -0.3 is 4.74 Å². The molecule has 0 atom stereocenters. The van der Waals surface area contributed by atoms with Crippen molar-refractivity contribution in [2.75, 3.05) is 7.11 Å². The van der Waals surface area contributed by atoms with Crippen molar-refractivity contribution >= 4 is 5.71 Å². The summed E-state index contributed by atoms with van der Waals surface area (Å²) in [6.07, 6.45) is 4.16. The lowest BCUT2D eigenvalue weighted by Crippen LogP contribution is -1.97. The highest BCUT2D eigenvalue weighted by atomic mass is 16.5. The van der Waals surface area contributed by atoms with Gasteiger partial charge in [0.2, 0.25) is 5.88 Å². The van der Waals surface area contributed by atoms with Gasteiger partial charge in [-0.15, -0.1) is 0 Å². The summed E-state index contributed by atoms with van der Waals surface area (Å²) in [5.41, 5.74) is 4.55. The van der Waals surface area contributed by atoms with Gasteiger partial charge in [0, 0.05) is 11.3 Å². The predicted molar refractivity (Wildman–Crippen MR) is 60.3 cm³/mol. The maximum atomic E-state index is 5.21. The molecule has 2 nitrogen and oxygen atoms in total. The van der Waals surface area contributed by atoms with Crippen LogP contribution in [0.2, 0.25) is 0 Å². The van der Waals surface area contributed by atoms with E-state index in [9.17, 15) is 0 Å². The summed E-state index contributed by atoms with van der Waals surface area (Å²) in [6.45, 7) is 8.18. The first-order valence-electron chi connectivity index (χ1n) is 4.71. The van der Waals surface area contributed by atoms with Gasteiger partial charge in [-0.2, -0.15) is 0 Å². The van der Waals surface area contributed by atoms with Crippen molar-refractivity contribution in [2.45, 2.75) is 27.7 Å². The van der Waals surface area contributed by atoms with Gasteiger partial charge in [0.05, 0.1) is 7.11 Å². The molecule has 0 amide bonds. The molecule has 14 heavy (non-hydrogen) atoms. The Labute approximate surface area is 85.7 Å². The number of methoxy groups -OCH3 is 1. The van der Waals surface area contributed by atoms with Crippen LogP contribution in [-0.2, 0) is 4.74 Å². The quantitative estimate of drug-likeness (QED) is 0.623. The molecule has 0 aromatic rings. The highest BCUT2D eigenvalue weighted by Crippen LogP contribution is 2.18. The first-order valence-corrected chi connectivity index (χ1v) is 4.71. The molecule has 0 aromatic heterocycles. The van der Waals surface area contributed by atoms with Crippen LogP contribution in [0.3, 0.4) is 0 Å². The van der Waals surface area contributed by atoms with Crippen LogP contribution in [0.5, 0.6) is 0 Å². The molecular formula is C12H17NO. The van der Waals surface area contributed by atoms with Crippen LogP contribution in [0, 0.1) is 0 Å². The molecule has 1 aliphatic rings. The van der Waals surface area contributed by atoms with Gasteiger partial charge in [0.25, 0.3) is 0 Å². The van der Waals surface area contributed by atoms with Gasteiger partial charge in [0.1, 0.15) is 0 Å². The zero-order valence-electron chi connectivity index (χ0n) is 9.51. The van der Waals surface area contributed by atoms with E-state index in [4.69, 9.17) is 4.74 Å². The maximum Gasteiger partial charge on any atom is 0.216 e. The number of hydrogen-bond donors (Lipinski definition) is 0. The fraction of sp³-hybridized carbons (Fsp3) is 0.417. The Kier molecular flexibility index (Phi) is 3.28. The van der Waals surface area contributed by atoms with Gasteiger partial charge in [-0.3, -0.25) is 0 Å². The molecule has 1 rings (SSSR count). The van der Waals surface area contributed by atoms with Crippen LogP contribution in [0.15, 0.2) is 39.7 Å². The standard InChI is InChI=1S/C12H17NO/c1-8-6-10(3)12(14-5)13-11(4)7-9(8)2/h6-7H,1-5H3/b8-6-,9-7-,9-8?,10-6?,11-7?,12-10+,13-11-,13-12?. The molecular weight excluding hydrogens is 174 g/mol. The fourth-order valence-corrected chi connectivity index (χ4v) is 1.41. The molecule has 0 aliphatic carbocycles. The molecule has 0 saturated carbocycles. The Bertz CT molecular complexity index is 357. The van der Waals surface area contributed by atoms with E-state index in [1.54, 1.807) is 7.11 Å². The summed E-state index contributed by atoms with van der Waals surface area (Å²) in [6, 6.07) is 0. The topological polar surface area (TPSA) is 21.6 Å². The zero-order chi connectivity index (χ0) is 10.7. The molecule has 0 unspecified atom stereocenters. The van der Waals surface area contributed by atoms with Crippen LogP contribution in [0.1, 0.15) is 27.7 Å². The minimum atomic E-state index is 0.700. The first-order chi connectivity index (χ1) is 6.54. The minimum Gasteiger partial charge on any atom is -0.481 e. The lowest BCUT2D eigenvalue weighted by molar-refractivity contribution is 0.285. The molecule has 0 N–H and O–H groups in total. The van der Waals surface area contributed by atoms with Crippen molar-refractivity contribution in [3.05, 3.63) is 34.8 Å². The van der Waals surface area contributed by atoms with Crippen LogP contribution < -0.4 is 0 Å². The Morgan fingerprint density at radius 3 is 2.14 bits per heavy atom. The van der Waals surface area contributed by atoms with E-state index in [0.29, 0.717) is 5.88 Å². The SMILES string of the molecule is COC1=C(C)/C=C(C)\C(C)=C/C(C)=N\1. The van der Waals surface area contributed by atoms with Gasteiger partial charge >= 0.3 is 0 Å². The summed E-state index contributed by atoms with van der Waals surface area (Å²) in [5, 5.41) is 0. The largest absolute Gasteiger partial charge is 0.481 e. The number of rotatable bonds is 1. The molecule has 2 heteroatoms. The number of nitrogens with zero attached hydrogens (tertiary/aromatic N) is 1. The summed E-state index contributed by atoms with van der Waals surface area (Å²) in [4.78, 5) is 4.37. The molecule has 1 aliphatic heterocycles. The van der Waals surface area contributed by atoms with Gasteiger partial charge in [-0.1, -0.05) is 6.08 Å². The van der Waals surface area contributed by atoms with E-state index >= 15 is 0 Å². The zero-order valence-corrected chi connectivity index (χ0v) is 9.51. The third kappa shape index (κ3) is 2.34. The van der Waals surface area contributed by atoms with E-state index < -0.39 is 0 Å². The van der Waals surface area contributed by atoms with E-state index in [-0.39, 0.29) is 0 Å². The van der Waals surface area contributed by atoms with Crippen molar-refractivity contribution < 1.29 is 4.74 Å². The van der Waals surface area contributed by atoms with E-state index in [0.717, 1.165) is 11.3 Å². The van der Waals surface area contributed by atoms with Gasteiger partial charge in [-0.25, -0.2) is 4.99 Å². The summed E-state index contributed by atoms with van der Waals surface area (Å²) in [7, 11) is 1.65. The van der Waals surface area contributed by atoms with Crippen molar-refractivity contribution in [3.8, 4) is 0 Å². The van der Waals surface area contributed by atoms with Crippen LogP contribution in [-0.4, -0.2) is 12.8 Å². The summed E-state index contributed by atoms with van der Waals surface area (Å²) < 4.78 is 5.21. The average Bonchev–Trinajstić information content (AvgIpc) is 2.12. The highest BCUT2D eigenvalue weighted by Gasteiger charge is 2.04. The normalized spacial score (nSPS) is 34.2. The van der Waals surface area contributed by atoms with Crippen LogP contribution in [0.4, 0.5) is 0 Å². The minimum absolute atomic E-state index is 0.700. The molecule has 0 spiro atoms. The monoisotopic (exact) mass is 191 g/mol. The highest BCUT2D eigenvalue weighted by molar-refractivity contribution is 5.94. The summed E-state index contributed by atoms with van der Waals surface area (Å²) in [5.74, 6) is 0.700. The maximum absolute atomic E-state index is 5.21. The number of hydrogen-bond acceptors (Lipinski definition) is 2. The second-order valence-electron chi connectivity index (χ2n) is 3.60. The van der Waals surface area contributed by atoms with Crippen LogP contribution >= 0.6 is 0 Å². The smallest absolute Gasteiger partial charge is 0.216 e. The Morgan fingerprint density at radius 2 is 1.57 bits per heavy atom. The third-order valence-corrected chi connectivity index (χ3v) is 2.29. The molecule has 0 saturated heterocycles. The lowest BCUT2D eigenvalue weighted by atomic mass is 10.0. The Hall–Kier alpha value is -1.31. The fourth-order valence-electron chi connectivity index (χ4n) is 1.41. The van der Waals surface area contributed by atoms with Gasteiger partial charge in [0.15, 0.2) is 0 Å². The second-order valence-corrected chi connectivity index (χ2v) is 3.60. The summed E-state index contributed by atoms with van der Waals surface area (Å²) >= 11 is 0. The Morgan fingerprint density at radius 1 is 1.00 bits per heavy atom. The van der Waals surface area contributed by atoms with Gasteiger partial charge in [-0.05, 0) is 44.9 Å². The molecule has 1 heterocycles. The van der Waals surface area contributed by atoms with Crippen molar-refractivity contribution in [2.24, 2.45) is 4.99 Å². The van der Waals surface area contributed by atoms with E-state index in [1.165, 1.54) is 11.1 Å². The molecule has 0 aromatic carbocycles. The van der Waals surface area contributed by atoms with Crippen molar-refractivity contribution in [3.63, 3.8) is 0 Å². The predicted octanol–water partition coefficient (Wildman–Crippen LogP) is 3.23. The Balaban J connectivity index is 3.24. The second kappa shape index (κ2) is 4.27. The van der Waals surface area contributed by atoms with Crippen molar-refractivity contribution in [1.82, 2.24) is 0 Å². The van der Waals surface area contributed by atoms with E-state index in [2.05, 4.69) is 31.0 Å². The first kappa shape index (κ1) is 10.8. The van der Waals surface area contributed by atoms with E-state index in [1.807, 2.05) is 13.8 Å². The number of aliphatic imine (C=N–C) groups is 1. The molecule has 76 valence electrons. The third-order valence-electron chi connectivity index (χ3n) is 2.29. The number of ether oxygens (including phenoxy) is 1. The molecule has 0 radical (unpaired) electrons. The average molecular weight is 191 g/mol. The number of allylic oxidation sites excluding steroid dienone is 5. The molecule has 0 bridgehead atoms. The lowest BCUT2D eigenvalue weighted by Gasteiger charge is -2.10. The van der Waals surface area contributed by atoms with Crippen molar-refractivity contribution in [1.29, 1.82) is 0 Å². The van der Waals surface area contributed by atoms with Crippen LogP contribution in [0.25, 0.3) is 0 Å².